The lowest BCUT2D eigenvalue weighted by Gasteiger charge is -2.21. The SMILES string of the molecule is C[C@H](Nc1nc(N)nc(N)c1Cl)c1nc2c(C#N)cccc2c(=O)n1-c1cccc(C(N)=O)c1. The van der Waals surface area contributed by atoms with Crippen molar-refractivity contribution in [2.45, 2.75) is 13.0 Å². The molecular weight excluding hydrogens is 458 g/mol. The van der Waals surface area contributed by atoms with Crippen LogP contribution in [0.2, 0.25) is 5.02 Å². The first kappa shape index (κ1) is 22.5. The zero-order valence-electron chi connectivity index (χ0n) is 17.8. The number of nitrogens with two attached hydrogens (primary N) is 3. The Labute approximate surface area is 197 Å². The van der Waals surface area contributed by atoms with Crippen LogP contribution in [0.15, 0.2) is 47.3 Å². The molecule has 0 aliphatic carbocycles. The first-order chi connectivity index (χ1) is 16.2. The van der Waals surface area contributed by atoms with Gasteiger partial charge in [0.05, 0.1) is 28.2 Å². The smallest absolute Gasteiger partial charge is 0.266 e. The monoisotopic (exact) mass is 475 g/mol. The van der Waals surface area contributed by atoms with E-state index in [4.69, 9.17) is 28.8 Å². The van der Waals surface area contributed by atoms with Crippen molar-refractivity contribution >= 4 is 46.0 Å². The summed E-state index contributed by atoms with van der Waals surface area (Å²) in [6.07, 6.45) is 0. The van der Waals surface area contributed by atoms with Gasteiger partial charge in [-0.05, 0) is 37.3 Å². The van der Waals surface area contributed by atoms with Crippen LogP contribution in [0.5, 0.6) is 0 Å². The highest BCUT2D eigenvalue weighted by Crippen LogP contribution is 2.29. The molecule has 0 bridgehead atoms. The van der Waals surface area contributed by atoms with Gasteiger partial charge in [-0.1, -0.05) is 23.7 Å². The average molecular weight is 476 g/mol. The van der Waals surface area contributed by atoms with Gasteiger partial charge in [0.15, 0.2) is 5.82 Å². The summed E-state index contributed by atoms with van der Waals surface area (Å²) in [5.74, 6) is -0.412. The lowest BCUT2D eigenvalue weighted by Crippen LogP contribution is -2.28. The van der Waals surface area contributed by atoms with Gasteiger partial charge in [0, 0.05) is 5.56 Å². The number of para-hydroxylation sites is 1. The number of amides is 1. The van der Waals surface area contributed by atoms with Gasteiger partial charge in [-0.25, -0.2) is 4.98 Å². The lowest BCUT2D eigenvalue weighted by molar-refractivity contribution is 0.1000. The van der Waals surface area contributed by atoms with Gasteiger partial charge in [0.25, 0.3) is 5.56 Å². The third-order valence-electron chi connectivity index (χ3n) is 5.07. The van der Waals surface area contributed by atoms with Crippen LogP contribution in [-0.4, -0.2) is 25.4 Å². The molecule has 0 spiro atoms. The fourth-order valence-electron chi connectivity index (χ4n) is 3.50. The Morgan fingerprint density at radius 2 is 1.91 bits per heavy atom. The summed E-state index contributed by atoms with van der Waals surface area (Å²) in [4.78, 5) is 37.9. The molecule has 170 valence electrons. The number of nitrogen functional groups attached to an aromatic ring is 2. The van der Waals surface area contributed by atoms with E-state index in [9.17, 15) is 14.9 Å². The Kier molecular flexibility index (Phi) is 5.75. The molecule has 7 N–H and O–H groups in total. The minimum atomic E-state index is -0.688. The molecule has 4 aromatic rings. The van der Waals surface area contributed by atoms with Crippen molar-refractivity contribution < 1.29 is 4.79 Å². The van der Waals surface area contributed by atoms with Gasteiger partial charge in [0.1, 0.15) is 22.7 Å². The van der Waals surface area contributed by atoms with Gasteiger partial charge < -0.3 is 22.5 Å². The number of hydrogen-bond donors (Lipinski definition) is 4. The van der Waals surface area contributed by atoms with E-state index in [0.717, 1.165) is 0 Å². The zero-order chi connectivity index (χ0) is 24.6. The molecule has 1 atom stereocenters. The minimum absolute atomic E-state index is 0.0198. The van der Waals surface area contributed by atoms with Gasteiger partial charge in [0.2, 0.25) is 11.9 Å². The van der Waals surface area contributed by atoms with E-state index in [1.807, 2.05) is 0 Å². The molecule has 4 rings (SSSR count). The maximum absolute atomic E-state index is 13.6. The number of rotatable bonds is 5. The highest BCUT2D eigenvalue weighted by Gasteiger charge is 2.22. The summed E-state index contributed by atoms with van der Waals surface area (Å²) in [5.41, 5.74) is 17.5. The molecular formula is C22H18ClN9O2. The highest BCUT2D eigenvalue weighted by atomic mass is 35.5. The number of carbonyl (C=O) groups is 1. The quantitative estimate of drug-likeness (QED) is 0.334. The molecule has 11 nitrogen and oxygen atoms in total. The second-order valence-electron chi connectivity index (χ2n) is 7.33. The number of anilines is 3. The Balaban J connectivity index is 1.99. The molecule has 0 saturated carbocycles. The largest absolute Gasteiger partial charge is 0.382 e. The van der Waals surface area contributed by atoms with Crippen LogP contribution >= 0.6 is 11.6 Å². The molecule has 34 heavy (non-hydrogen) atoms. The third-order valence-corrected chi connectivity index (χ3v) is 5.44. The van der Waals surface area contributed by atoms with Gasteiger partial charge in [-0.2, -0.15) is 15.2 Å². The highest BCUT2D eigenvalue weighted by molar-refractivity contribution is 6.35. The zero-order valence-corrected chi connectivity index (χ0v) is 18.5. The second-order valence-corrected chi connectivity index (χ2v) is 7.71. The maximum Gasteiger partial charge on any atom is 0.266 e. The number of halogens is 1. The summed E-state index contributed by atoms with van der Waals surface area (Å²) in [6.45, 7) is 1.71. The number of nitrogens with zero attached hydrogens (tertiary/aromatic N) is 5. The van der Waals surface area contributed by atoms with Crippen molar-refractivity contribution in [2.75, 3.05) is 16.8 Å². The standard InChI is InChI=1S/C22H18ClN9O2/c1-10(28-19-15(23)17(25)30-22(27)31-19)20-29-16-12(9-24)5-3-7-14(16)21(34)32(20)13-6-2-4-11(8-13)18(26)33/h2-8,10H,1H3,(H2,26,33)(H5,25,27,28,30,31)/t10-/m0/s1. The van der Waals surface area contributed by atoms with Crippen LogP contribution < -0.4 is 28.1 Å². The predicted octanol–water partition coefficient (Wildman–Crippen LogP) is 2.14. The van der Waals surface area contributed by atoms with Crippen LogP contribution in [0.1, 0.15) is 34.7 Å². The van der Waals surface area contributed by atoms with Crippen LogP contribution in [0.25, 0.3) is 16.6 Å². The van der Waals surface area contributed by atoms with Crippen LogP contribution in [-0.2, 0) is 0 Å². The number of nitriles is 1. The summed E-state index contributed by atoms with van der Waals surface area (Å²) < 4.78 is 1.33. The lowest BCUT2D eigenvalue weighted by atomic mass is 10.1. The van der Waals surface area contributed by atoms with Crippen LogP contribution in [0.4, 0.5) is 17.6 Å². The number of primary amides is 1. The predicted molar refractivity (Wildman–Crippen MR) is 128 cm³/mol. The average Bonchev–Trinajstić information content (AvgIpc) is 2.81. The Morgan fingerprint density at radius 3 is 2.62 bits per heavy atom. The first-order valence-corrected chi connectivity index (χ1v) is 10.3. The van der Waals surface area contributed by atoms with E-state index in [1.54, 1.807) is 37.3 Å². The number of nitrogens with one attached hydrogen (secondary N) is 1. The van der Waals surface area contributed by atoms with Crippen molar-refractivity contribution in [3.63, 3.8) is 0 Å². The van der Waals surface area contributed by atoms with E-state index in [2.05, 4.69) is 26.3 Å². The molecule has 0 fully saturated rings. The first-order valence-electron chi connectivity index (χ1n) is 9.92. The normalized spacial score (nSPS) is 11.7. The van der Waals surface area contributed by atoms with Crippen LogP contribution in [0.3, 0.4) is 0 Å². The Morgan fingerprint density at radius 1 is 1.18 bits per heavy atom. The molecule has 0 unspecified atom stereocenters. The molecule has 0 aliphatic heterocycles. The van der Waals surface area contributed by atoms with Gasteiger partial charge in [-0.3, -0.25) is 14.2 Å². The molecule has 0 aliphatic rings. The minimum Gasteiger partial charge on any atom is -0.382 e. The third kappa shape index (κ3) is 3.94. The van der Waals surface area contributed by atoms with Crippen molar-refractivity contribution in [1.82, 2.24) is 19.5 Å². The van der Waals surface area contributed by atoms with Crippen molar-refractivity contribution in [1.29, 1.82) is 5.26 Å². The Bertz CT molecular complexity index is 1560. The number of benzene rings is 2. The van der Waals surface area contributed by atoms with E-state index < -0.39 is 17.5 Å². The van der Waals surface area contributed by atoms with Gasteiger partial charge in [-0.15, -0.1) is 0 Å². The molecule has 2 aromatic heterocycles. The molecule has 0 saturated heterocycles. The molecule has 2 heterocycles. The fourth-order valence-corrected chi connectivity index (χ4v) is 3.64. The molecule has 1 amide bonds. The maximum atomic E-state index is 13.6. The second kappa shape index (κ2) is 8.68. The molecule has 0 radical (unpaired) electrons. The number of carbonyl (C=O) groups excluding carboxylic acids is 1. The summed E-state index contributed by atoms with van der Waals surface area (Å²) in [6, 6.07) is 12.4. The van der Waals surface area contributed by atoms with E-state index in [1.165, 1.54) is 16.7 Å². The summed E-state index contributed by atoms with van der Waals surface area (Å²) >= 11 is 6.23. The van der Waals surface area contributed by atoms with Crippen molar-refractivity contribution in [3.05, 3.63) is 74.8 Å². The molecule has 2 aromatic carbocycles. The number of aromatic nitrogens is 4. The molecule has 12 heteroatoms. The summed E-state index contributed by atoms with van der Waals surface area (Å²) in [5, 5.41) is 12.9. The van der Waals surface area contributed by atoms with E-state index in [0.29, 0.717) is 5.69 Å². The Hall–Kier alpha value is -4.69. The number of hydrogen-bond acceptors (Lipinski definition) is 9. The summed E-state index contributed by atoms with van der Waals surface area (Å²) in [7, 11) is 0. The van der Waals surface area contributed by atoms with E-state index in [-0.39, 0.29) is 50.5 Å². The van der Waals surface area contributed by atoms with Crippen molar-refractivity contribution in [2.24, 2.45) is 5.73 Å². The van der Waals surface area contributed by atoms with Crippen molar-refractivity contribution in [3.8, 4) is 11.8 Å². The van der Waals surface area contributed by atoms with Gasteiger partial charge >= 0.3 is 0 Å². The van der Waals surface area contributed by atoms with Crippen LogP contribution in [0, 0.1) is 11.3 Å². The van der Waals surface area contributed by atoms with E-state index >= 15 is 0 Å². The fraction of sp³-hybridized carbons (Fsp3) is 0.0909. The number of fused-ring (bicyclic) bond motifs is 1. The topological polar surface area (TPSA) is 192 Å².